The third kappa shape index (κ3) is 2.55. The monoisotopic (exact) mass is 210 g/mol. The molecule has 2 saturated carbocycles. The van der Waals surface area contributed by atoms with Crippen molar-refractivity contribution in [3.63, 3.8) is 0 Å². The van der Waals surface area contributed by atoms with Crippen molar-refractivity contribution in [2.45, 2.75) is 76.7 Å². The molecule has 0 aromatic rings. The van der Waals surface area contributed by atoms with Gasteiger partial charge in [0, 0.05) is 0 Å². The molecule has 2 aliphatic rings. The summed E-state index contributed by atoms with van der Waals surface area (Å²) in [5, 5.41) is 10.6. The molecule has 15 heavy (non-hydrogen) atoms. The van der Waals surface area contributed by atoms with E-state index in [1.54, 1.807) is 0 Å². The molecule has 0 saturated heterocycles. The molecule has 0 heterocycles. The first-order valence-electron chi connectivity index (χ1n) is 6.99. The van der Waals surface area contributed by atoms with E-state index in [2.05, 4.69) is 6.92 Å². The van der Waals surface area contributed by atoms with E-state index < -0.39 is 0 Å². The maximum Gasteiger partial charge on any atom is 0.0708 e. The first-order valence-corrected chi connectivity index (χ1v) is 6.99. The Balaban J connectivity index is 1.85. The highest BCUT2D eigenvalue weighted by atomic mass is 16.3. The maximum atomic E-state index is 10.6. The molecule has 2 aliphatic carbocycles. The van der Waals surface area contributed by atoms with Crippen LogP contribution in [0.4, 0.5) is 0 Å². The van der Waals surface area contributed by atoms with Gasteiger partial charge in [-0.25, -0.2) is 0 Å². The Morgan fingerprint density at radius 1 is 1.07 bits per heavy atom. The third-order valence-electron chi connectivity index (χ3n) is 4.57. The fourth-order valence-electron chi connectivity index (χ4n) is 3.49. The van der Waals surface area contributed by atoms with Crippen LogP contribution in [0.2, 0.25) is 0 Å². The van der Waals surface area contributed by atoms with Crippen molar-refractivity contribution < 1.29 is 5.11 Å². The van der Waals surface area contributed by atoms with E-state index in [1.807, 2.05) is 0 Å². The first-order chi connectivity index (χ1) is 7.27. The van der Waals surface area contributed by atoms with Crippen molar-refractivity contribution in [2.24, 2.45) is 11.8 Å². The second-order valence-corrected chi connectivity index (χ2v) is 5.72. The molecule has 0 aliphatic heterocycles. The average molecular weight is 210 g/mol. The standard InChI is InChI=1S/C14H26O/c1-2-8-13-11-14(13,15)12-9-6-4-3-5-7-10-12/h12-13,15H,2-11H2,1H3. The van der Waals surface area contributed by atoms with Crippen LogP contribution in [-0.4, -0.2) is 10.7 Å². The summed E-state index contributed by atoms with van der Waals surface area (Å²) >= 11 is 0. The predicted octanol–water partition coefficient (Wildman–Crippen LogP) is 3.90. The van der Waals surface area contributed by atoms with Crippen molar-refractivity contribution in [3.8, 4) is 0 Å². The Hall–Kier alpha value is -0.0400. The zero-order valence-electron chi connectivity index (χ0n) is 10.2. The van der Waals surface area contributed by atoms with E-state index in [0.29, 0.717) is 11.8 Å². The fraction of sp³-hybridized carbons (Fsp3) is 1.00. The summed E-state index contributed by atoms with van der Waals surface area (Å²) in [5.41, 5.74) is -0.229. The van der Waals surface area contributed by atoms with E-state index in [4.69, 9.17) is 0 Å². The molecule has 0 bridgehead atoms. The molecule has 88 valence electrons. The molecule has 0 radical (unpaired) electrons. The highest BCUT2D eigenvalue weighted by Crippen LogP contribution is 2.54. The lowest BCUT2D eigenvalue weighted by molar-refractivity contribution is 0.0493. The van der Waals surface area contributed by atoms with Crippen molar-refractivity contribution in [1.82, 2.24) is 0 Å². The molecule has 0 aromatic carbocycles. The van der Waals surface area contributed by atoms with Gasteiger partial charge in [-0.3, -0.25) is 0 Å². The van der Waals surface area contributed by atoms with Gasteiger partial charge in [-0.1, -0.05) is 45.4 Å². The second kappa shape index (κ2) is 4.86. The van der Waals surface area contributed by atoms with Crippen LogP contribution in [0, 0.1) is 11.8 Å². The SMILES string of the molecule is CCCC1CC1(O)C1CCCCCCC1. The van der Waals surface area contributed by atoms with Crippen LogP contribution < -0.4 is 0 Å². The molecule has 1 nitrogen and oxygen atoms in total. The van der Waals surface area contributed by atoms with E-state index in [1.165, 1.54) is 57.8 Å². The zero-order chi connectivity index (χ0) is 10.7. The normalized spacial score (nSPS) is 38.4. The fourth-order valence-corrected chi connectivity index (χ4v) is 3.49. The molecule has 0 aromatic heterocycles. The number of aliphatic hydroxyl groups is 1. The van der Waals surface area contributed by atoms with Crippen LogP contribution in [0.25, 0.3) is 0 Å². The van der Waals surface area contributed by atoms with Crippen LogP contribution in [0.15, 0.2) is 0 Å². The first kappa shape index (κ1) is 11.4. The van der Waals surface area contributed by atoms with Gasteiger partial charge >= 0.3 is 0 Å². The third-order valence-corrected chi connectivity index (χ3v) is 4.57. The number of hydrogen-bond acceptors (Lipinski definition) is 1. The molecule has 2 atom stereocenters. The lowest BCUT2D eigenvalue weighted by Gasteiger charge is -2.26. The Kier molecular flexibility index (Phi) is 3.71. The topological polar surface area (TPSA) is 20.2 Å². The minimum absolute atomic E-state index is 0.229. The van der Waals surface area contributed by atoms with Crippen LogP contribution in [0.3, 0.4) is 0 Å². The molecule has 0 spiro atoms. The molecular formula is C14H26O. The summed E-state index contributed by atoms with van der Waals surface area (Å²) in [7, 11) is 0. The van der Waals surface area contributed by atoms with Crippen LogP contribution in [-0.2, 0) is 0 Å². The van der Waals surface area contributed by atoms with Gasteiger partial charge in [0.05, 0.1) is 5.60 Å². The lowest BCUT2D eigenvalue weighted by Crippen LogP contribution is -2.25. The van der Waals surface area contributed by atoms with Gasteiger partial charge < -0.3 is 5.11 Å². The van der Waals surface area contributed by atoms with E-state index in [9.17, 15) is 5.11 Å². The summed E-state index contributed by atoms with van der Waals surface area (Å²) in [6.45, 7) is 2.23. The molecule has 2 fully saturated rings. The Morgan fingerprint density at radius 3 is 2.27 bits per heavy atom. The summed E-state index contributed by atoms with van der Waals surface area (Å²) in [6, 6.07) is 0. The molecule has 1 heteroatoms. The number of rotatable bonds is 3. The summed E-state index contributed by atoms with van der Waals surface area (Å²) in [5.74, 6) is 1.28. The quantitative estimate of drug-likeness (QED) is 0.749. The Morgan fingerprint density at radius 2 is 1.67 bits per heavy atom. The predicted molar refractivity (Wildman–Crippen MR) is 63.8 cm³/mol. The molecule has 2 rings (SSSR count). The van der Waals surface area contributed by atoms with Crippen molar-refractivity contribution in [1.29, 1.82) is 0 Å². The van der Waals surface area contributed by atoms with Crippen LogP contribution in [0.5, 0.6) is 0 Å². The zero-order valence-corrected chi connectivity index (χ0v) is 10.2. The van der Waals surface area contributed by atoms with Crippen molar-refractivity contribution in [2.75, 3.05) is 0 Å². The molecule has 0 amide bonds. The smallest absolute Gasteiger partial charge is 0.0708 e. The summed E-state index contributed by atoms with van der Waals surface area (Å²) in [6.07, 6.45) is 13.1. The minimum atomic E-state index is -0.229. The van der Waals surface area contributed by atoms with Gasteiger partial charge in [0.25, 0.3) is 0 Å². The Labute approximate surface area is 94.3 Å². The number of hydrogen-bond donors (Lipinski definition) is 1. The highest BCUT2D eigenvalue weighted by molar-refractivity contribution is 5.07. The summed E-state index contributed by atoms with van der Waals surface area (Å²) < 4.78 is 0. The van der Waals surface area contributed by atoms with Crippen LogP contribution in [0.1, 0.15) is 71.1 Å². The summed E-state index contributed by atoms with van der Waals surface area (Å²) in [4.78, 5) is 0. The highest BCUT2D eigenvalue weighted by Gasteiger charge is 2.56. The van der Waals surface area contributed by atoms with E-state index in [0.717, 1.165) is 6.42 Å². The van der Waals surface area contributed by atoms with Gasteiger partial charge in [0.2, 0.25) is 0 Å². The molecule has 1 N–H and O–H groups in total. The van der Waals surface area contributed by atoms with Gasteiger partial charge in [-0.05, 0) is 37.5 Å². The lowest BCUT2D eigenvalue weighted by atomic mass is 9.84. The van der Waals surface area contributed by atoms with Crippen molar-refractivity contribution >= 4 is 0 Å². The molecule has 2 unspecified atom stereocenters. The average Bonchev–Trinajstić information content (AvgIpc) is 2.77. The minimum Gasteiger partial charge on any atom is -0.389 e. The Bertz CT molecular complexity index is 194. The van der Waals surface area contributed by atoms with Gasteiger partial charge in [0.1, 0.15) is 0 Å². The molecular weight excluding hydrogens is 184 g/mol. The maximum absolute atomic E-state index is 10.6. The van der Waals surface area contributed by atoms with Gasteiger partial charge in [-0.15, -0.1) is 0 Å². The van der Waals surface area contributed by atoms with Crippen molar-refractivity contribution in [3.05, 3.63) is 0 Å². The van der Waals surface area contributed by atoms with E-state index in [-0.39, 0.29) is 5.60 Å². The van der Waals surface area contributed by atoms with Gasteiger partial charge in [-0.2, -0.15) is 0 Å². The van der Waals surface area contributed by atoms with Gasteiger partial charge in [0.15, 0.2) is 0 Å². The van der Waals surface area contributed by atoms with E-state index >= 15 is 0 Å². The van der Waals surface area contributed by atoms with Crippen LogP contribution >= 0.6 is 0 Å². The second-order valence-electron chi connectivity index (χ2n) is 5.72. The largest absolute Gasteiger partial charge is 0.389 e.